The highest BCUT2D eigenvalue weighted by Crippen LogP contribution is 2.36. The number of fused-ring (bicyclic) bond motifs is 1. The van der Waals surface area contributed by atoms with Crippen molar-refractivity contribution in [1.82, 2.24) is 9.97 Å². The Labute approximate surface area is 286 Å². The molecule has 0 fully saturated rings. The molecule has 0 aliphatic carbocycles. The third-order valence-corrected chi connectivity index (χ3v) is 8.46. The third-order valence-electron chi connectivity index (χ3n) is 8.46. The van der Waals surface area contributed by atoms with E-state index in [1.165, 1.54) is 0 Å². The molecular formula is C44H35N5. The van der Waals surface area contributed by atoms with Gasteiger partial charge in [-0.25, -0.2) is 9.97 Å². The zero-order valence-electron chi connectivity index (χ0n) is 26.9. The lowest BCUT2D eigenvalue weighted by molar-refractivity contribution is 0.881. The largest absolute Gasteiger partial charge is 0.398 e. The molecule has 4 N–H and O–H groups in total. The predicted octanol–water partition coefficient (Wildman–Crippen LogP) is 9.78. The fourth-order valence-electron chi connectivity index (χ4n) is 5.94. The van der Waals surface area contributed by atoms with E-state index in [4.69, 9.17) is 16.5 Å². The predicted molar refractivity (Wildman–Crippen MR) is 204 cm³/mol. The summed E-state index contributed by atoms with van der Waals surface area (Å²) in [6.07, 6.45) is 11.4. The van der Waals surface area contributed by atoms with Crippen LogP contribution in [-0.4, -0.2) is 16.2 Å². The Balaban J connectivity index is 1.29. The van der Waals surface area contributed by atoms with Gasteiger partial charge in [-0.05, 0) is 80.6 Å². The number of nitrogens with zero attached hydrogens (tertiary/aromatic N) is 3. The summed E-state index contributed by atoms with van der Waals surface area (Å²) in [6.45, 7) is 0. The van der Waals surface area contributed by atoms with Gasteiger partial charge in [-0.15, -0.1) is 0 Å². The Bertz CT molecular complexity index is 2280. The smallest absolute Gasteiger partial charge is 0.159 e. The van der Waals surface area contributed by atoms with E-state index in [2.05, 4.69) is 88.8 Å². The Morgan fingerprint density at radius 2 is 1.33 bits per heavy atom. The highest BCUT2D eigenvalue weighted by atomic mass is 14.8. The van der Waals surface area contributed by atoms with Crippen LogP contribution >= 0.6 is 0 Å². The second-order valence-electron chi connectivity index (χ2n) is 11.8. The Hall–Kier alpha value is -6.43. The van der Waals surface area contributed by atoms with Gasteiger partial charge in [0.25, 0.3) is 0 Å². The van der Waals surface area contributed by atoms with Crippen LogP contribution in [0.3, 0.4) is 0 Å². The fourth-order valence-corrected chi connectivity index (χ4v) is 5.94. The van der Waals surface area contributed by atoms with Crippen LogP contribution in [0.5, 0.6) is 0 Å². The second kappa shape index (κ2) is 14.6. The van der Waals surface area contributed by atoms with Crippen LogP contribution in [0.25, 0.3) is 45.1 Å². The maximum Gasteiger partial charge on any atom is 0.159 e. The van der Waals surface area contributed by atoms with E-state index in [-0.39, 0.29) is 6.04 Å². The molecule has 6 aromatic carbocycles. The summed E-state index contributed by atoms with van der Waals surface area (Å²) in [5.74, 6) is 0.688. The van der Waals surface area contributed by atoms with E-state index in [0.717, 1.165) is 61.0 Å². The molecule has 0 saturated carbocycles. The molecule has 7 rings (SSSR count). The molecule has 1 heterocycles. The van der Waals surface area contributed by atoms with Gasteiger partial charge in [-0.2, -0.15) is 0 Å². The number of benzene rings is 6. The van der Waals surface area contributed by atoms with Crippen molar-refractivity contribution in [1.29, 1.82) is 0 Å². The lowest BCUT2D eigenvalue weighted by Crippen LogP contribution is -2.12. The van der Waals surface area contributed by atoms with E-state index in [0.29, 0.717) is 11.5 Å². The summed E-state index contributed by atoms with van der Waals surface area (Å²) in [6, 6.07) is 48.8. The summed E-state index contributed by atoms with van der Waals surface area (Å²) in [5.41, 5.74) is 23.1. The summed E-state index contributed by atoms with van der Waals surface area (Å²) in [7, 11) is 0. The van der Waals surface area contributed by atoms with Crippen LogP contribution in [0.2, 0.25) is 0 Å². The summed E-state index contributed by atoms with van der Waals surface area (Å²) in [4.78, 5) is 13.9. The summed E-state index contributed by atoms with van der Waals surface area (Å²) >= 11 is 0. The molecule has 7 aromatic rings. The van der Waals surface area contributed by atoms with Gasteiger partial charge < -0.3 is 11.5 Å². The first-order valence-corrected chi connectivity index (χ1v) is 16.2. The Morgan fingerprint density at radius 1 is 0.633 bits per heavy atom. The van der Waals surface area contributed by atoms with Crippen molar-refractivity contribution >= 4 is 34.4 Å². The molecule has 0 spiro atoms. The van der Waals surface area contributed by atoms with Gasteiger partial charge in [-0.1, -0.05) is 127 Å². The number of allylic oxidation sites excluding steroid dienone is 2. The SMILES string of the molecule is N/C(=C\C=C\c1ccccc1)c1cc(C=Nc2ccc3ccccc3c2C(N)c2ccccc2)cc(-c2ccc(-c3ncccn3)cc2)c1. The summed E-state index contributed by atoms with van der Waals surface area (Å²) in [5, 5.41) is 2.21. The molecule has 1 unspecified atom stereocenters. The number of hydrogen-bond donors (Lipinski definition) is 2. The van der Waals surface area contributed by atoms with Crippen LogP contribution < -0.4 is 11.5 Å². The molecule has 1 aromatic heterocycles. The van der Waals surface area contributed by atoms with Crippen molar-refractivity contribution in [2.24, 2.45) is 16.5 Å². The zero-order chi connectivity index (χ0) is 33.4. The minimum Gasteiger partial charge on any atom is -0.398 e. The number of nitrogens with two attached hydrogens (primary N) is 2. The Morgan fingerprint density at radius 3 is 2.10 bits per heavy atom. The molecule has 0 amide bonds. The molecule has 49 heavy (non-hydrogen) atoms. The van der Waals surface area contributed by atoms with Gasteiger partial charge in [0, 0.05) is 35.4 Å². The van der Waals surface area contributed by atoms with Gasteiger partial charge >= 0.3 is 0 Å². The Kier molecular flexibility index (Phi) is 9.26. The lowest BCUT2D eigenvalue weighted by Gasteiger charge is -2.18. The normalized spacial score (nSPS) is 12.6. The van der Waals surface area contributed by atoms with Gasteiger partial charge in [0.05, 0.1) is 11.7 Å². The van der Waals surface area contributed by atoms with Gasteiger partial charge in [0.2, 0.25) is 0 Å². The zero-order valence-corrected chi connectivity index (χ0v) is 26.9. The van der Waals surface area contributed by atoms with Gasteiger partial charge in [0.15, 0.2) is 5.82 Å². The summed E-state index contributed by atoms with van der Waals surface area (Å²) < 4.78 is 0. The van der Waals surface area contributed by atoms with Crippen molar-refractivity contribution < 1.29 is 0 Å². The van der Waals surface area contributed by atoms with Gasteiger partial charge in [0.1, 0.15) is 0 Å². The van der Waals surface area contributed by atoms with Crippen LogP contribution in [0.15, 0.2) is 175 Å². The second-order valence-corrected chi connectivity index (χ2v) is 11.8. The molecule has 0 aliphatic rings. The molecule has 0 radical (unpaired) electrons. The standard InChI is InChI=1S/C44H35N5/c45-40(18-9-13-31-11-3-1-4-12-31)38-28-32(27-37(29-38)33-19-21-36(22-20-33)44-47-25-10-26-48-44)30-49-41-24-23-34-14-7-8-17-39(34)42(41)43(46)35-15-5-2-6-16-35/h1-30,43H,45-46H2/b13-9+,40-18-,49-30?. The van der Waals surface area contributed by atoms with E-state index in [1.807, 2.05) is 91.2 Å². The van der Waals surface area contributed by atoms with Crippen molar-refractivity contribution in [3.63, 3.8) is 0 Å². The molecule has 1 atom stereocenters. The van der Waals surface area contributed by atoms with E-state index >= 15 is 0 Å². The molecule has 0 bridgehead atoms. The number of aliphatic imine (C=N–C) groups is 1. The number of rotatable bonds is 9. The highest BCUT2D eigenvalue weighted by molar-refractivity contribution is 5.93. The minimum atomic E-state index is -0.344. The van der Waals surface area contributed by atoms with Crippen LogP contribution in [-0.2, 0) is 0 Å². The lowest BCUT2D eigenvalue weighted by atomic mass is 9.93. The van der Waals surface area contributed by atoms with Crippen molar-refractivity contribution in [3.05, 3.63) is 198 Å². The molecule has 236 valence electrons. The van der Waals surface area contributed by atoms with Crippen LogP contribution in [0.4, 0.5) is 5.69 Å². The first kappa shape index (κ1) is 31.2. The van der Waals surface area contributed by atoms with E-state index in [1.54, 1.807) is 12.4 Å². The molecular weight excluding hydrogens is 599 g/mol. The average Bonchev–Trinajstić information content (AvgIpc) is 3.17. The van der Waals surface area contributed by atoms with E-state index < -0.39 is 0 Å². The topological polar surface area (TPSA) is 90.2 Å². The first-order valence-electron chi connectivity index (χ1n) is 16.2. The highest BCUT2D eigenvalue weighted by Gasteiger charge is 2.16. The van der Waals surface area contributed by atoms with Crippen LogP contribution in [0, 0.1) is 0 Å². The molecule has 5 nitrogen and oxygen atoms in total. The van der Waals surface area contributed by atoms with Crippen molar-refractivity contribution in [2.45, 2.75) is 6.04 Å². The van der Waals surface area contributed by atoms with Crippen LogP contribution in [0.1, 0.15) is 33.9 Å². The van der Waals surface area contributed by atoms with Crippen molar-refractivity contribution in [2.75, 3.05) is 0 Å². The third kappa shape index (κ3) is 7.28. The first-order chi connectivity index (χ1) is 24.1. The molecule has 0 saturated heterocycles. The maximum absolute atomic E-state index is 6.95. The number of aromatic nitrogens is 2. The average molecular weight is 634 g/mol. The number of hydrogen-bond acceptors (Lipinski definition) is 5. The fraction of sp³-hybridized carbons (Fsp3) is 0.0227. The van der Waals surface area contributed by atoms with Crippen molar-refractivity contribution in [3.8, 4) is 22.5 Å². The quantitative estimate of drug-likeness (QED) is 0.122. The van der Waals surface area contributed by atoms with Gasteiger partial charge in [-0.3, -0.25) is 4.99 Å². The monoisotopic (exact) mass is 633 g/mol. The molecule has 0 aliphatic heterocycles. The maximum atomic E-state index is 6.95. The molecule has 5 heteroatoms. The minimum absolute atomic E-state index is 0.344. The van der Waals surface area contributed by atoms with E-state index in [9.17, 15) is 0 Å².